The Labute approximate surface area is 279 Å². The van der Waals surface area contributed by atoms with E-state index in [1.165, 1.54) is 0 Å². The molecule has 0 amide bonds. The van der Waals surface area contributed by atoms with Crippen LogP contribution < -0.4 is 0 Å². The molecule has 131 valence electrons. The minimum absolute atomic E-state index is 0. The van der Waals surface area contributed by atoms with E-state index in [0.717, 1.165) is 0 Å². The van der Waals surface area contributed by atoms with Gasteiger partial charge in [-0.15, -0.1) is 0 Å². The molecule has 0 rings (SSSR count). The van der Waals surface area contributed by atoms with Gasteiger partial charge in [0.05, 0.1) is 0 Å². The summed E-state index contributed by atoms with van der Waals surface area (Å²) in [5.74, 6) is 0. The van der Waals surface area contributed by atoms with E-state index in [0.29, 0.717) is 0 Å². The first-order valence-corrected chi connectivity index (χ1v) is 0. The number of thiol groups is 12. The summed E-state index contributed by atoms with van der Waals surface area (Å²) in [6.07, 6.45) is 0. The van der Waals surface area contributed by atoms with Crippen LogP contribution in [-0.4, -0.2) is 123 Å². The van der Waals surface area contributed by atoms with Crippen LogP contribution in [0.1, 0.15) is 0 Å². The molecule has 0 aliphatic heterocycles. The smallest absolute Gasteiger partial charge is 0 e. The number of hydrogen-bond donors (Lipinski definition) is 0. The maximum atomic E-state index is 0. The molecule has 0 aromatic rings. The fourth-order valence-corrected chi connectivity index (χ4v) is 0. The molecular weight excluding hydrogens is 893 g/mol. The second-order valence-electron chi connectivity index (χ2n) is 0. The standard InChI is InChI=1S/2GeH3.GeH.4Ge.12H2S/h2*1H3;1H;;;;;12*1H2/p-12. The summed E-state index contributed by atoms with van der Waals surface area (Å²) in [6, 6.07) is 0. The normalized spacial score (nSPS) is 0. The van der Waals surface area contributed by atoms with Crippen molar-refractivity contribution in [2.75, 3.05) is 0 Å². The maximum absolute atomic E-state index is 0. The van der Waals surface area contributed by atoms with Gasteiger partial charge in [0.2, 0.25) is 0 Å². The molecule has 0 heterocycles. The van der Waals surface area contributed by atoms with Crippen molar-refractivity contribution in [2.45, 2.75) is 0 Å². The fraction of sp³-hybridized carbons (Fsp3) is 0. The number of rotatable bonds is 0. The summed E-state index contributed by atoms with van der Waals surface area (Å²) >= 11 is 0. The van der Waals surface area contributed by atoms with Crippen LogP contribution in [0.3, 0.4) is 0 Å². The minimum atomic E-state index is 0. The van der Waals surface area contributed by atoms with Gasteiger partial charge in [-0.1, -0.05) is 0 Å². The summed E-state index contributed by atoms with van der Waals surface area (Å²) in [5, 5.41) is 0. The minimum Gasteiger partial charge on any atom is -0.813 e. The Morgan fingerprint density at radius 1 is 0.211 bits per heavy atom. The Morgan fingerprint density at radius 3 is 0.211 bits per heavy atom. The first-order valence-electron chi connectivity index (χ1n) is 0. The molecule has 0 saturated carbocycles. The quantitative estimate of drug-likeness (QED) is 0.129. The molecule has 0 fully saturated rings. The van der Waals surface area contributed by atoms with Crippen molar-refractivity contribution in [1.29, 1.82) is 0 Å². The Hall–Kier alpha value is 8.00. The maximum Gasteiger partial charge on any atom is 0 e. The van der Waals surface area contributed by atoms with Gasteiger partial charge in [0, 0.05) is 70.4 Å². The van der Waals surface area contributed by atoms with Crippen molar-refractivity contribution >= 4 is 285 Å². The van der Waals surface area contributed by atoms with Crippen LogP contribution in [0.2, 0.25) is 0 Å². The molecule has 21 radical (unpaired) electrons. The zero-order chi connectivity index (χ0) is 0. The molecule has 0 saturated heterocycles. The van der Waals surface area contributed by atoms with Crippen molar-refractivity contribution in [3.05, 3.63) is 0 Å². The van der Waals surface area contributed by atoms with Crippen LogP contribution in [0.5, 0.6) is 0 Å². The van der Waals surface area contributed by atoms with Gasteiger partial charge in [-0.05, 0) is 0 Å². The van der Waals surface area contributed by atoms with Gasteiger partial charge in [-0.2, -0.15) is 0 Å². The Bertz CT molecular complexity index is 18.0. The van der Waals surface area contributed by atoms with Crippen LogP contribution in [0.25, 0.3) is 0 Å². The molecule has 0 unspecified atom stereocenters. The van der Waals surface area contributed by atoms with Crippen LogP contribution in [0, 0.1) is 0 Å². The Balaban J connectivity index is 0. The first kappa shape index (κ1) is 285. The average molecular weight is 912 g/mol. The summed E-state index contributed by atoms with van der Waals surface area (Å²) in [7, 11) is 0. The van der Waals surface area contributed by atoms with Gasteiger partial charge >= 0.3 is 52.8 Å². The van der Waals surface area contributed by atoms with E-state index in [1.54, 1.807) is 0 Å². The predicted molar refractivity (Wildman–Crippen MR) is 155 cm³/mol. The van der Waals surface area contributed by atoms with E-state index >= 15 is 0 Å². The molecular formula is H19Ge7S12-12. The molecule has 19 heavy (non-hydrogen) atoms. The molecule has 0 spiro atoms. The van der Waals surface area contributed by atoms with Gasteiger partial charge in [0.15, 0.2) is 0 Å². The van der Waals surface area contributed by atoms with Crippen LogP contribution in [0.4, 0.5) is 0 Å². The predicted octanol–water partition coefficient (Wildman–Crippen LogP) is -7.78. The SMILES string of the molecule is [GeH3].[GeH3].[GeH].[Ge].[Ge].[Ge].[Ge].[SH-].[SH-].[SH-].[SH-].[SH-].[SH-].[SH-].[SH-].[SH-].[SH-].[SH-].[SH-]. The van der Waals surface area contributed by atoms with E-state index in [-0.39, 0.29) is 285 Å². The third-order valence-electron chi connectivity index (χ3n) is 0. The molecule has 0 aromatic heterocycles. The van der Waals surface area contributed by atoms with Gasteiger partial charge < -0.3 is 162 Å². The van der Waals surface area contributed by atoms with Crippen molar-refractivity contribution in [1.82, 2.24) is 0 Å². The average Bonchev–Trinajstić information content (AvgIpc) is 0. The molecule has 0 N–H and O–H groups in total. The molecule has 0 bridgehead atoms. The Kier molecular flexibility index (Phi) is 3810. The van der Waals surface area contributed by atoms with E-state index in [1.807, 2.05) is 0 Å². The summed E-state index contributed by atoms with van der Waals surface area (Å²) in [6.45, 7) is 0. The summed E-state index contributed by atoms with van der Waals surface area (Å²) in [5.41, 5.74) is 0. The molecule has 19 heteroatoms. The van der Waals surface area contributed by atoms with E-state index in [9.17, 15) is 0 Å². The van der Waals surface area contributed by atoms with Gasteiger partial charge in [-0.3, -0.25) is 0 Å². The second-order valence-corrected chi connectivity index (χ2v) is 0. The summed E-state index contributed by atoms with van der Waals surface area (Å²) < 4.78 is 0. The zero-order valence-electron chi connectivity index (χ0n) is 9.94. The zero-order valence-corrected chi connectivity index (χ0v) is 39.9. The molecule has 0 atom stereocenters. The topological polar surface area (TPSA) is 0 Å². The van der Waals surface area contributed by atoms with Crippen molar-refractivity contribution in [3.8, 4) is 0 Å². The van der Waals surface area contributed by atoms with Gasteiger partial charge in [0.25, 0.3) is 0 Å². The van der Waals surface area contributed by atoms with Crippen LogP contribution in [-0.2, 0) is 162 Å². The fourth-order valence-electron chi connectivity index (χ4n) is 0. The van der Waals surface area contributed by atoms with Crippen LogP contribution in [0.15, 0.2) is 0 Å². The van der Waals surface area contributed by atoms with Crippen molar-refractivity contribution in [3.63, 3.8) is 0 Å². The van der Waals surface area contributed by atoms with E-state index in [4.69, 9.17) is 0 Å². The monoisotopic (exact) mass is 920 g/mol. The van der Waals surface area contributed by atoms with Crippen molar-refractivity contribution < 1.29 is 0 Å². The largest absolute Gasteiger partial charge is 0.813 e. The van der Waals surface area contributed by atoms with Crippen molar-refractivity contribution in [2.24, 2.45) is 0 Å². The van der Waals surface area contributed by atoms with Gasteiger partial charge in [0.1, 0.15) is 0 Å². The number of hydrogen-bond acceptors (Lipinski definition) is 12. The van der Waals surface area contributed by atoms with Crippen LogP contribution >= 0.6 is 0 Å². The van der Waals surface area contributed by atoms with Gasteiger partial charge in [-0.25, -0.2) is 0 Å². The molecule has 0 aliphatic rings. The first-order chi connectivity index (χ1) is 0. The molecule has 0 aliphatic carbocycles. The van der Waals surface area contributed by atoms with E-state index < -0.39 is 0 Å². The molecule has 0 aromatic carbocycles. The second kappa shape index (κ2) is 254. The Morgan fingerprint density at radius 2 is 0.211 bits per heavy atom. The van der Waals surface area contributed by atoms with E-state index in [2.05, 4.69) is 0 Å². The molecule has 0 nitrogen and oxygen atoms in total. The third-order valence-corrected chi connectivity index (χ3v) is 0. The third kappa shape index (κ3) is 234. The summed E-state index contributed by atoms with van der Waals surface area (Å²) in [4.78, 5) is 0.